The van der Waals surface area contributed by atoms with Crippen LogP contribution < -0.4 is 5.32 Å². The summed E-state index contributed by atoms with van der Waals surface area (Å²) in [6, 6.07) is 1.93. The second-order valence-corrected chi connectivity index (χ2v) is 3.83. The molecular formula is C11H17ClFN5. The first-order chi connectivity index (χ1) is 8.22. The molecule has 0 aliphatic heterocycles. The van der Waals surface area contributed by atoms with Crippen LogP contribution in [0, 0.1) is 5.95 Å². The molecule has 2 rings (SSSR count). The first-order valence-electron chi connectivity index (χ1n) is 5.60. The number of aryl methyl sites for hydroxylation is 2. The number of hydrogen-bond acceptors (Lipinski definition) is 3. The number of rotatable bonds is 5. The highest BCUT2D eigenvalue weighted by molar-refractivity contribution is 5.85. The van der Waals surface area contributed by atoms with Crippen molar-refractivity contribution in [3.63, 3.8) is 0 Å². The lowest BCUT2D eigenvalue weighted by atomic mass is 10.3. The van der Waals surface area contributed by atoms with E-state index in [1.54, 1.807) is 17.1 Å². The Balaban J connectivity index is 0.00000162. The molecule has 18 heavy (non-hydrogen) atoms. The quantitative estimate of drug-likeness (QED) is 0.898. The van der Waals surface area contributed by atoms with Crippen LogP contribution in [0.15, 0.2) is 18.5 Å². The van der Waals surface area contributed by atoms with Gasteiger partial charge in [-0.2, -0.15) is 14.6 Å². The van der Waals surface area contributed by atoms with Crippen LogP contribution in [-0.4, -0.2) is 19.6 Å². The Morgan fingerprint density at radius 3 is 2.67 bits per heavy atom. The van der Waals surface area contributed by atoms with Crippen molar-refractivity contribution in [2.75, 3.05) is 0 Å². The molecule has 2 aromatic rings. The molecule has 0 aromatic carbocycles. The van der Waals surface area contributed by atoms with E-state index in [-0.39, 0.29) is 18.4 Å². The third-order valence-electron chi connectivity index (χ3n) is 2.69. The minimum Gasteiger partial charge on any atom is -0.307 e. The summed E-state index contributed by atoms with van der Waals surface area (Å²) in [7, 11) is 1.88. The molecule has 7 heteroatoms. The third kappa shape index (κ3) is 3.08. The van der Waals surface area contributed by atoms with Gasteiger partial charge in [0, 0.05) is 38.4 Å². The van der Waals surface area contributed by atoms with Gasteiger partial charge in [-0.05, 0) is 13.0 Å². The van der Waals surface area contributed by atoms with Gasteiger partial charge < -0.3 is 5.32 Å². The normalized spacial score (nSPS) is 10.4. The Kier molecular flexibility index (Phi) is 5.30. The van der Waals surface area contributed by atoms with Crippen molar-refractivity contribution < 1.29 is 4.39 Å². The van der Waals surface area contributed by atoms with E-state index in [9.17, 15) is 4.39 Å². The summed E-state index contributed by atoms with van der Waals surface area (Å²) in [5.41, 5.74) is 1.65. The van der Waals surface area contributed by atoms with Gasteiger partial charge in [-0.25, -0.2) is 4.68 Å². The minimum absolute atomic E-state index is 0. The van der Waals surface area contributed by atoms with E-state index in [4.69, 9.17) is 0 Å². The number of hydrogen-bond donors (Lipinski definition) is 1. The van der Waals surface area contributed by atoms with Crippen molar-refractivity contribution in [2.24, 2.45) is 7.05 Å². The first-order valence-corrected chi connectivity index (χ1v) is 5.60. The summed E-state index contributed by atoms with van der Waals surface area (Å²) >= 11 is 0. The molecule has 0 aliphatic rings. The molecule has 1 N–H and O–H groups in total. The van der Waals surface area contributed by atoms with E-state index in [0.717, 1.165) is 5.69 Å². The van der Waals surface area contributed by atoms with Gasteiger partial charge in [-0.15, -0.1) is 12.4 Å². The summed E-state index contributed by atoms with van der Waals surface area (Å²) in [6.07, 6.45) is 3.31. The van der Waals surface area contributed by atoms with Gasteiger partial charge in [0.1, 0.15) is 0 Å². The maximum absolute atomic E-state index is 13.6. The summed E-state index contributed by atoms with van der Waals surface area (Å²) < 4.78 is 16.8. The van der Waals surface area contributed by atoms with Crippen molar-refractivity contribution in [1.82, 2.24) is 24.9 Å². The molecule has 0 unspecified atom stereocenters. The first kappa shape index (κ1) is 14.7. The Bertz CT molecular complexity index is 493. The molecule has 0 atom stereocenters. The number of aromatic nitrogens is 4. The number of nitrogens with zero attached hydrogens (tertiary/aromatic N) is 4. The highest BCUT2D eigenvalue weighted by atomic mass is 35.5. The molecule has 0 bridgehead atoms. The largest absolute Gasteiger partial charge is 0.307 e. The van der Waals surface area contributed by atoms with E-state index >= 15 is 0 Å². The van der Waals surface area contributed by atoms with Gasteiger partial charge in [0.25, 0.3) is 0 Å². The fourth-order valence-corrected chi connectivity index (χ4v) is 1.65. The smallest absolute Gasteiger partial charge is 0.215 e. The zero-order valence-corrected chi connectivity index (χ0v) is 11.2. The molecule has 2 heterocycles. The Hall–Kier alpha value is -1.40. The molecule has 100 valence electrons. The number of halogens is 2. The molecule has 0 saturated carbocycles. The van der Waals surface area contributed by atoms with Gasteiger partial charge in [-0.1, -0.05) is 0 Å². The Labute approximate surface area is 111 Å². The van der Waals surface area contributed by atoms with Crippen LogP contribution in [0.1, 0.15) is 18.2 Å². The van der Waals surface area contributed by atoms with E-state index < -0.39 is 0 Å². The molecule has 5 nitrogen and oxygen atoms in total. The van der Waals surface area contributed by atoms with Gasteiger partial charge in [0.2, 0.25) is 5.95 Å². The minimum atomic E-state index is -0.259. The summed E-state index contributed by atoms with van der Waals surface area (Å²) in [4.78, 5) is 0. The van der Waals surface area contributed by atoms with Crippen LogP contribution in [0.3, 0.4) is 0 Å². The van der Waals surface area contributed by atoms with Crippen LogP contribution in [0.5, 0.6) is 0 Å². The van der Waals surface area contributed by atoms with Crippen molar-refractivity contribution in [2.45, 2.75) is 26.6 Å². The van der Waals surface area contributed by atoms with Crippen LogP contribution in [0.2, 0.25) is 0 Å². The molecule has 0 fully saturated rings. The zero-order valence-electron chi connectivity index (χ0n) is 10.4. The van der Waals surface area contributed by atoms with Crippen molar-refractivity contribution in [3.8, 4) is 0 Å². The summed E-state index contributed by atoms with van der Waals surface area (Å²) in [5, 5.41) is 11.2. The van der Waals surface area contributed by atoms with E-state index in [1.165, 1.54) is 4.68 Å². The monoisotopic (exact) mass is 273 g/mol. The average molecular weight is 274 g/mol. The van der Waals surface area contributed by atoms with Crippen molar-refractivity contribution in [3.05, 3.63) is 35.7 Å². The van der Waals surface area contributed by atoms with Gasteiger partial charge in [0.05, 0.1) is 11.9 Å². The molecular weight excluding hydrogens is 257 g/mol. The predicted octanol–water partition coefficient (Wildman–Crippen LogP) is 1.49. The summed E-state index contributed by atoms with van der Waals surface area (Å²) in [5.74, 6) is -0.259. The van der Waals surface area contributed by atoms with Crippen molar-refractivity contribution in [1.29, 1.82) is 0 Å². The van der Waals surface area contributed by atoms with E-state index in [2.05, 4.69) is 15.5 Å². The lowest BCUT2D eigenvalue weighted by molar-refractivity contribution is 0.460. The van der Waals surface area contributed by atoms with Crippen molar-refractivity contribution >= 4 is 12.4 Å². The van der Waals surface area contributed by atoms with E-state index in [0.29, 0.717) is 25.2 Å². The second kappa shape index (κ2) is 6.51. The molecule has 0 saturated heterocycles. The molecule has 0 radical (unpaired) electrons. The maximum Gasteiger partial charge on any atom is 0.215 e. The standard InChI is InChI=1S/C11H16FN5.ClH/c1-3-17-11(12)9(7-15-17)6-13-8-10-4-5-14-16(10)2;/h4-5,7,13H,3,6,8H2,1-2H3;1H. The zero-order chi connectivity index (χ0) is 12.3. The van der Waals surface area contributed by atoms with Crippen LogP contribution in [0.4, 0.5) is 4.39 Å². The molecule has 0 aliphatic carbocycles. The SMILES string of the molecule is CCn1ncc(CNCc2ccnn2C)c1F.Cl. The third-order valence-corrected chi connectivity index (χ3v) is 2.69. The number of nitrogens with one attached hydrogen (secondary N) is 1. The lowest BCUT2D eigenvalue weighted by Crippen LogP contribution is -2.16. The highest BCUT2D eigenvalue weighted by Gasteiger charge is 2.08. The Morgan fingerprint density at radius 2 is 2.11 bits per heavy atom. The predicted molar refractivity (Wildman–Crippen MR) is 68.9 cm³/mol. The van der Waals surface area contributed by atoms with Crippen LogP contribution in [-0.2, 0) is 26.7 Å². The molecule has 0 amide bonds. The fourth-order valence-electron chi connectivity index (χ4n) is 1.65. The topological polar surface area (TPSA) is 47.7 Å². The second-order valence-electron chi connectivity index (χ2n) is 3.83. The van der Waals surface area contributed by atoms with Crippen LogP contribution in [0.25, 0.3) is 0 Å². The fraction of sp³-hybridized carbons (Fsp3) is 0.455. The van der Waals surface area contributed by atoms with Crippen LogP contribution >= 0.6 is 12.4 Å². The highest BCUT2D eigenvalue weighted by Crippen LogP contribution is 2.06. The average Bonchev–Trinajstić information content (AvgIpc) is 2.87. The van der Waals surface area contributed by atoms with Gasteiger partial charge in [0.15, 0.2) is 0 Å². The van der Waals surface area contributed by atoms with Gasteiger partial charge >= 0.3 is 0 Å². The van der Waals surface area contributed by atoms with E-state index in [1.807, 2.05) is 20.0 Å². The lowest BCUT2D eigenvalue weighted by Gasteiger charge is -2.04. The molecule has 2 aromatic heterocycles. The molecule has 0 spiro atoms. The summed E-state index contributed by atoms with van der Waals surface area (Å²) in [6.45, 7) is 3.54. The van der Waals surface area contributed by atoms with Gasteiger partial charge in [-0.3, -0.25) is 4.68 Å². The maximum atomic E-state index is 13.6. The Morgan fingerprint density at radius 1 is 1.33 bits per heavy atom.